The van der Waals surface area contributed by atoms with Gasteiger partial charge in [0.2, 0.25) is 0 Å². The van der Waals surface area contributed by atoms with Gasteiger partial charge < -0.3 is 15.0 Å². The minimum Gasteiger partial charge on any atom is -0.492 e. The van der Waals surface area contributed by atoms with Crippen LogP contribution in [0.2, 0.25) is 0 Å². The molecule has 0 saturated heterocycles. The minimum absolute atomic E-state index is 0.131. The highest BCUT2D eigenvalue weighted by atomic mass is 16.5. The molecule has 0 saturated carbocycles. The Labute approximate surface area is 235 Å². The number of likely N-dealkylation sites (N-methyl/N-ethyl adjacent to an activating group) is 1. The number of nitrogens with zero attached hydrogens (tertiary/aromatic N) is 5. The maximum Gasteiger partial charge on any atom is 0.252 e. The van der Waals surface area contributed by atoms with Gasteiger partial charge in [0.25, 0.3) is 5.91 Å². The number of hydrogen-bond acceptors (Lipinski definition) is 5. The average Bonchev–Trinajstić information content (AvgIpc) is 3.54. The summed E-state index contributed by atoms with van der Waals surface area (Å²) >= 11 is 0. The van der Waals surface area contributed by atoms with Crippen molar-refractivity contribution in [3.63, 3.8) is 0 Å². The van der Waals surface area contributed by atoms with Crippen LogP contribution in [0.3, 0.4) is 0 Å². The van der Waals surface area contributed by atoms with Gasteiger partial charge in [-0.2, -0.15) is 10.2 Å². The van der Waals surface area contributed by atoms with Crippen LogP contribution in [0.4, 0.5) is 0 Å². The first-order chi connectivity index (χ1) is 19.2. The molecule has 1 amide bonds. The Morgan fingerprint density at radius 3 is 2.45 bits per heavy atom. The smallest absolute Gasteiger partial charge is 0.252 e. The van der Waals surface area contributed by atoms with Crippen LogP contribution in [-0.2, 0) is 14.1 Å². The molecule has 206 valence electrons. The van der Waals surface area contributed by atoms with Crippen molar-refractivity contribution < 1.29 is 9.53 Å². The molecule has 0 fully saturated rings. The summed E-state index contributed by atoms with van der Waals surface area (Å²) < 4.78 is 9.55. The van der Waals surface area contributed by atoms with Crippen LogP contribution >= 0.6 is 0 Å². The lowest BCUT2D eigenvalue weighted by molar-refractivity contribution is 0.0938. The molecule has 0 bridgehead atoms. The Bertz CT molecular complexity index is 1670. The van der Waals surface area contributed by atoms with Crippen molar-refractivity contribution >= 4 is 16.8 Å². The molecule has 5 rings (SSSR count). The first-order valence-electron chi connectivity index (χ1n) is 13.4. The number of nitrogens with one attached hydrogen (secondary N) is 1. The van der Waals surface area contributed by atoms with Crippen LogP contribution in [0.25, 0.3) is 33.2 Å². The van der Waals surface area contributed by atoms with Gasteiger partial charge in [-0.05, 0) is 98.2 Å². The van der Waals surface area contributed by atoms with Gasteiger partial charge in [0, 0.05) is 43.4 Å². The van der Waals surface area contributed by atoms with Crippen LogP contribution in [-0.4, -0.2) is 57.6 Å². The normalized spacial score (nSPS) is 12.2. The first kappa shape index (κ1) is 27.1. The van der Waals surface area contributed by atoms with Crippen molar-refractivity contribution in [2.24, 2.45) is 14.1 Å². The molecule has 0 aliphatic heterocycles. The third-order valence-electron chi connectivity index (χ3n) is 7.18. The summed E-state index contributed by atoms with van der Waals surface area (Å²) in [6, 6.07) is 18.2. The number of carbonyl (C=O) groups excluding carboxylic acids is 1. The second kappa shape index (κ2) is 11.4. The molecule has 8 nitrogen and oxygen atoms in total. The van der Waals surface area contributed by atoms with E-state index in [2.05, 4.69) is 56.8 Å². The minimum atomic E-state index is -0.234. The van der Waals surface area contributed by atoms with Crippen LogP contribution in [0.15, 0.2) is 73.2 Å². The van der Waals surface area contributed by atoms with E-state index in [1.807, 2.05) is 83.5 Å². The molecular formula is C32H36N6O2. The maximum absolute atomic E-state index is 13.4. The lowest BCUT2D eigenvalue weighted by Crippen LogP contribution is -2.27. The van der Waals surface area contributed by atoms with Gasteiger partial charge in [-0.25, -0.2) is 0 Å². The van der Waals surface area contributed by atoms with Gasteiger partial charge in [0.15, 0.2) is 0 Å². The molecule has 0 radical (unpaired) electrons. The Morgan fingerprint density at radius 1 is 0.950 bits per heavy atom. The van der Waals surface area contributed by atoms with Crippen LogP contribution in [0.1, 0.15) is 34.5 Å². The molecule has 2 aromatic heterocycles. The summed E-state index contributed by atoms with van der Waals surface area (Å²) in [6.45, 7) is 5.32. The first-order valence-corrected chi connectivity index (χ1v) is 13.4. The molecule has 5 aromatic rings. The fourth-order valence-electron chi connectivity index (χ4n) is 4.79. The Hall–Kier alpha value is -4.43. The Morgan fingerprint density at radius 2 is 1.73 bits per heavy atom. The van der Waals surface area contributed by atoms with Gasteiger partial charge in [-0.15, -0.1) is 0 Å². The molecule has 0 unspecified atom stereocenters. The third kappa shape index (κ3) is 5.92. The van der Waals surface area contributed by atoms with E-state index >= 15 is 0 Å². The second-order valence-electron chi connectivity index (χ2n) is 10.6. The van der Waals surface area contributed by atoms with Gasteiger partial charge in [0.1, 0.15) is 12.4 Å². The van der Waals surface area contributed by atoms with Crippen molar-refractivity contribution in [1.29, 1.82) is 0 Å². The van der Waals surface area contributed by atoms with E-state index in [0.717, 1.165) is 50.8 Å². The highest BCUT2D eigenvalue weighted by Gasteiger charge is 2.17. The Balaban J connectivity index is 1.45. The average molecular weight is 537 g/mol. The number of amides is 1. The Kier molecular flexibility index (Phi) is 7.71. The monoisotopic (exact) mass is 536 g/mol. The van der Waals surface area contributed by atoms with Gasteiger partial charge in [0.05, 0.1) is 24.0 Å². The van der Waals surface area contributed by atoms with Crippen LogP contribution in [0, 0.1) is 6.92 Å². The number of fused-ring (bicyclic) bond motifs is 1. The van der Waals surface area contributed by atoms with Gasteiger partial charge in [-0.3, -0.25) is 14.2 Å². The highest BCUT2D eigenvalue weighted by molar-refractivity contribution is 5.96. The summed E-state index contributed by atoms with van der Waals surface area (Å²) in [5.41, 5.74) is 7.81. The third-order valence-corrected chi connectivity index (χ3v) is 7.18. The zero-order valence-electron chi connectivity index (χ0n) is 24.0. The SMILES string of the molecule is Cc1ccc(OCCN(C)C)cc1C(=O)N[C@H](C)c1cc(-c2ccc3c(cnn3C)c2)cc(-c2cnn(C)c2)c1. The highest BCUT2D eigenvalue weighted by Crippen LogP contribution is 2.32. The lowest BCUT2D eigenvalue weighted by atomic mass is 9.94. The summed E-state index contributed by atoms with van der Waals surface area (Å²) in [7, 11) is 7.87. The lowest BCUT2D eigenvalue weighted by Gasteiger charge is -2.19. The van der Waals surface area contributed by atoms with Gasteiger partial charge >= 0.3 is 0 Å². The van der Waals surface area contributed by atoms with Crippen molar-refractivity contribution in [3.05, 3.63) is 89.9 Å². The number of aryl methyl sites for hydroxylation is 3. The zero-order chi connectivity index (χ0) is 28.4. The van der Waals surface area contributed by atoms with E-state index < -0.39 is 0 Å². The molecule has 0 spiro atoms. The van der Waals surface area contributed by atoms with Crippen molar-refractivity contribution in [3.8, 4) is 28.0 Å². The van der Waals surface area contributed by atoms with Crippen molar-refractivity contribution in [2.75, 3.05) is 27.2 Å². The summed E-state index contributed by atoms with van der Waals surface area (Å²) in [5.74, 6) is 0.560. The predicted molar refractivity (Wildman–Crippen MR) is 159 cm³/mol. The number of rotatable bonds is 9. The quantitative estimate of drug-likeness (QED) is 0.274. The van der Waals surface area contributed by atoms with Crippen LogP contribution in [0.5, 0.6) is 5.75 Å². The molecule has 3 aromatic carbocycles. The molecule has 1 N–H and O–H groups in total. The van der Waals surface area contributed by atoms with E-state index in [1.165, 1.54) is 0 Å². The summed E-state index contributed by atoms with van der Waals surface area (Å²) in [5, 5.41) is 13.1. The number of hydrogen-bond donors (Lipinski definition) is 1. The van der Waals surface area contributed by atoms with Gasteiger partial charge in [-0.1, -0.05) is 12.1 Å². The maximum atomic E-state index is 13.4. The van der Waals surface area contributed by atoms with Crippen LogP contribution < -0.4 is 10.1 Å². The topological polar surface area (TPSA) is 77.2 Å². The summed E-state index contributed by atoms with van der Waals surface area (Å²) in [6.07, 6.45) is 5.75. The van der Waals surface area contributed by atoms with E-state index in [9.17, 15) is 4.79 Å². The molecule has 0 aliphatic rings. The van der Waals surface area contributed by atoms with E-state index in [-0.39, 0.29) is 11.9 Å². The zero-order valence-corrected chi connectivity index (χ0v) is 24.0. The standard InChI is InChI=1S/C32H36N6O2/c1-21-7-9-29(40-12-11-36(3)4)17-30(21)32(39)35-22(2)24-14-25(16-26(15-24)28-19-33-37(5)20-28)23-8-10-31-27(13-23)18-34-38(31)6/h7-10,13-20,22H,11-12H2,1-6H3,(H,35,39)/t22-/m1/s1. The van der Waals surface area contributed by atoms with E-state index in [4.69, 9.17) is 4.74 Å². The molecule has 40 heavy (non-hydrogen) atoms. The van der Waals surface area contributed by atoms with E-state index in [0.29, 0.717) is 17.9 Å². The fraction of sp³-hybridized carbons (Fsp3) is 0.281. The molecule has 0 aliphatic carbocycles. The molecule has 8 heteroatoms. The molecule has 2 heterocycles. The van der Waals surface area contributed by atoms with Crippen molar-refractivity contribution in [1.82, 2.24) is 29.8 Å². The largest absolute Gasteiger partial charge is 0.492 e. The second-order valence-corrected chi connectivity index (χ2v) is 10.6. The molecular weight excluding hydrogens is 500 g/mol. The predicted octanol–water partition coefficient (Wildman–Crippen LogP) is 5.38. The number of benzene rings is 3. The molecule has 1 atom stereocenters. The summed E-state index contributed by atoms with van der Waals surface area (Å²) in [4.78, 5) is 15.5. The fourth-order valence-corrected chi connectivity index (χ4v) is 4.79. The van der Waals surface area contributed by atoms with Crippen molar-refractivity contribution in [2.45, 2.75) is 19.9 Å². The number of ether oxygens (including phenoxy) is 1. The van der Waals surface area contributed by atoms with E-state index in [1.54, 1.807) is 4.68 Å². The number of carbonyl (C=O) groups is 1. The number of aromatic nitrogens is 4.